The van der Waals surface area contributed by atoms with Crippen LogP contribution in [0.3, 0.4) is 0 Å². The molecule has 0 unspecified atom stereocenters. The maximum absolute atomic E-state index is 5.89. The third kappa shape index (κ3) is 4.15. The molecule has 27 heavy (non-hydrogen) atoms. The lowest BCUT2D eigenvalue weighted by molar-refractivity contribution is 0.620. The topological polar surface area (TPSA) is 38.4 Å². The molecule has 0 atom stereocenters. The van der Waals surface area contributed by atoms with Crippen LogP contribution in [0.2, 0.25) is 5.02 Å². The first-order chi connectivity index (χ1) is 13.2. The molecular weight excluding hydrogens is 356 g/mol. The van der Waals surface area contributed by atoms with E-state index in [0.717, 1.165) is 38.5 Å². The molecule has 0 N–H and O–H groups in total. The van der Waals surface area contributed by atoms with Crippen LogP contribution in [0.25, 0.3) is 28.6 Å². The van der Waals surface area contributed by atoms with Crippen molar-refractivity contribution in [2.75, 3.05) is 0 Å². The molecule has 0 aliphatic heterocycles. The second kappa shape index (κ2) is 7.60. The van der Waals surface area contributed by atoms with E-state index in [-0.39, 0.29) is 0 Å². The number of rotatable bonds is 4. The van der Waals surface area contributed by atoms with E-state index in [2.05, 4.69) is 9.98 Å². The number of nitrogens with zero attached hydrogens (tertiary/aromatic N) is 2. The predicted molar refractivity (Wildman–Crippen MR) is 113 cm³/mol. The van der Waals surface area contributed by atoms with Gasteiger partial charge in [0.2, 0.25) is 5.89 Å². The molecule has 0 aliphatic carbocycles. The second-order valence-electron chi connectivity index (χ2n) is 6.23. The molecule has 1 heterocycles. The van der Waals surface area contributed by atoms with Crippen molar-refractivity contribution < 1.29 is 4.42 Å². The maximum atomic E-state index is 5.89. The highest BCUT2D eigenvalue weighted by molar-refractivity contribution is 6.30. The highest BCUT2D eigenvalue weighted by atomic mass is 35.5. The van der Waals surface area contributed by atoms with Gasteiger partial charge in [0.05, 0.1) is 5.69 Å². The molecule has 4 heteroatoms. The van der Waals surface area contributed by atoms with Crippen molar-refractivity contribution >= 4 is 40.7 Å². The quantitative estimate of drug-likeness (QED) is 0.366. The standard InChI is InChI=1S/C23H17ClN2O/c1-16-7-12-22-21(14-16)26-23(27-22)18-5-2-6-20(15-18)25-13-3-4-17-8-10-19(24)11-9-17/h2-15H,1H3. The summed E-state index contributed by atoms with van der Waals surface area (Å²) in [5.74, 6) is 0.601. The minimum Gasteiger partial charge on any atom is -0.436 e. The number of benzene rings is 3. The van der Waals surface area contributed by atoms with Crippen LogP contribution in [-0.4, -0.2) is 11.2 Å². The number of hydrogen-bond donors (Lipinski definition) is 0. The molecule has 4 rings (SSSR count). The monoisotopic (exact) mass is 372 g/mol. The normalized spacial score (nSPS) is 11.8. The van der Waals surface area contributed by atoms with Gasteiger partial charge in [-0.25, -0.2) is 4.98 Å². The fourth-order valence-electron chi connectivity index (χ4n) is 2.74. The van der Waals surface area contributed by atoms with Gasteiger partial charge >= 0.3 is 0 Å². The molecule has 0 fully saturated rings. The third-order valence-corrected chi connectivity index (χ3v) is 4.36. The minimum absolute atomic E-state index is 0.601. The van der Waals surface area contributed by atoms with Crippen molar-refractivity contribution in [1.82, 2.24) is 4.98 Å². The SMILES string of the molecule is Cc1ccc2oc(-c3cccc(N=CC=Cc4ccc(Cl)cc4)c3)nc2c1. The largest absolute Gasteiger partial charge is 0.436 e. The molecule has 3 aromatic carbocycles. The number of aryl methyl sites for hydroxylation is 1. The van der Waals surface area contributed by atoms with E-state index in [0.29, 0.717) is 5.89 Å². The molecule has 3 nitrogen and oxygen atoms in total. The van der Waals surface area contributed by atoms with E-state index in [1.165, 1.54) is 0 Å². The van der Waals surface area contributed by atoms with Gasteiger partial charge in [0.25, 0.3) is 0 Å². The van der Waals surface area contributed by atoms with Crippen LogP contribution in [0.4, 0.5) is 5.69 Å². The van der Waals surface area contributed by atoms with Crippen molar-refractivity contribution in [1.29, 1.82) is 0 Å². The highest BCUT2D eigenvalue weighted by Gasteiger charge is 2.08. The Morgan fingerprint density at radius 1 is 1.00 bits per heavy atom. The molecule has 0 saturated carbocycles. The summed E-state index contributed by atoms with van der Waals surface area (Å²) >= 11 is 5.89. The average molecular weight is 373 g/mol. The first-order valence-corrected chi connectivity index (χ1v) is 8.99. The van der Waals surface area contributed by atoms with Gasteiger partial charge in [-0.2, -0.15) is 0 Å². The molecule has 132 valence electrons. The van der Waals surface area contributed by atoms with Gasteiger partial charge < -0.3 is 4.42 Å². The van der Waals surface area contributed by atoms with E-state index >= 15 is 0 Å². The van der Waals surface area contributed by atoms with Crippen LogP contribution in [0.15, 0.2) is 82.2 Å². The fourth-order valence-corrected chi connectivity index (χ4v) is 2.86. The Bertz CT molecular complexity index is 1140. The van der Waals surface area contributed by atoms with Crippen molar-refractivity contribution in [3.63, 3.8) is 0 Å². The first-order valence-electron chi connectivity index (χ1n) is 8.61. The van der Waals surface area contributed by atoms with Gasteiger partial charge in [-0.1, -0.05) is 41.9 Å². The van der Waals surface area contributed by atoms with Gasteiger partial charge in [-0.05, 0) is 66.6 Å². The molecule has 0 saturated heterocycles. The van der Waals surface area contributed by atoms with Gasteiger partial charge in [0.1, 0.15) is 5.52 Å². The van der Waals surface area contributed by atoms with Gasteiger partial charge in [0.15, 0.2) is 5.58 Å². The zero-order chi connectivity index (χ0) is 18.6. The number of aromatic nitrogens is 1. The van der Waals surface area contributed by atoms with Crippen molar-refractivity contribution in [2.45, 2.75) is 6.92 Å². The van der Waals surface area contributed by atoms with Crippen LogP contribution in [0, 0.1) is 6.92 Å². The third-order valence-electron chi connectivity index (χ3n) is 4.10. The Hall–Kier alpha value is -3.17. The zero-order valence-electron chi connectivity index (χ0n) is 14.8. The van der Waals surface area contributed by atoms with E-state index in [4.69, 9.17) is 16.0 Å². The van der Waals surface area contributed by atoms with Crippen LogP contribution in [-0.2, 0) is 0 Å². The molecule has 0 radical (unpaired) electrons. The van der Waals surface area contributed by atoms with E-state index in [1.807, 2.05) is 85.8 Å². The maximum Gasteiger partial charge on any atom is 0.227 e. The number of allylic oxidation sites excluding steroid dienone is 1. The van der Waals surface area contributed by atoms with Crippen LogP contribution in [0.1, 0.15) is 11.1 Å². The summed E-state index contributed by atoms with van der Waals surface area (Å²) < 4.78 is 5.87. The van der Waals surface area contributed by atoms with Crippen LogP contribution in [0.5, 0.6) is 0 Å². The number of aliphatic imine (C=N–C) groups is 1. The number of fused-ring (bicyclic) bond motifs is 1. The molecule has 0 aliphatic rings. The Labute approximate surface area is 162 Å². The summed E-state index contributed by atoms with van der Waals surface area (Å²) in [5.41, 5.74) is 5.63. The summed E-state index contributed by atoms with van der Waals surface area (Å²) in [4.78, 5) is 9.07. The number of hydrogen-bond acceptors (Lipinski definition) is 3. The lowest BCUT2D eigenvalue weighted by Gasteiger charge is -1.97. The van der Waals surface area contributed by atoms with Gasteiger partial charge in [0, 0.05) is 16.8 Å². The summed E-state index contributed by atoms with van der Waals surface area (Å²) in [7, 11) is 0. The minimum atomic E-state index is 0.601. The lowest BCUT2D eigenvalue weighted by Crippen LogP contribution is -1.77. The molecule has 0 amide bonds. The Kier molecular flexibility index (Phi) is 4.86. The predicted octanol–water partition coefficient (Wildman–Crippen LogP) is 6.87. The second-order valence-corrected chi connectivity index (χ2v) is 6.67. The van der Waals surface area contributed by atoms with Crippen LogP contribution < -0.4 is 0 Å². The van der Waals surface area contributed by atoms with Gasteiger partial charge in [-0.3, -0.25) is 4.99 Å². The summed E-state index contributed by atoms with van der Waals surface area (Å²) in [6.07, 6.45) is 5.65. The Balaban J connectivity index is 1.53. The van der Waals surface area contributed by atoms with Crippen molar-refractivity contribution in [3.8, 4) is 11.5 Å². The summed E-state index contributed by atoms with van der Waals surface area (Å²) in [5, 5.41) is 0.729. The summed E-state index contributed by atoms with van der Waals surface area (Å²) in [6.45, 7) is 2.04. The fraction of sp³-hybridized carbons (Fsp3) is 0.0435. The lowest BCUT2D eigenvalue weighted by atomic mass is 10.2. The van der Waals surface area contributed by atoms with E-state index in [9.17, 15) is 0 Å². The molecular formula is C23H17ClN2O. The number of halogens is 1. The molecule has 4 aromatic rings. The smallest absolute Gasteiger partial charge is 0.227 e. The Morgan fingerprint density at radius 3 is 2.70 bits per heavy atom. The average Bonchev–Trinajstić information content (AvgIpc) is 3.10. The molecule has 1 aromatic heterocycles. The zero-order valence-corrected chi connectivity index (χ0v) is 15.5. The van der Waals surface area contributed by atoms with Crippen molar-refractivity contribution in [3.05, 3.63) is 89.0 Å². The molecule has 0 bridgehead atoms. The first kappa shape index (κ1) is 17.3. The molecule has 0 spiro atoms. The van der Waals surface area contributed by atoms with Crippen LogP contribution >= 0.6 is 11.6 Å². The highest BCUT2D eigenvalue weighted by Crippen LogP contribution is 2.27. The van der Waals surface area contributed by atoms with E-state index < -0.39 is 0 Å². The Morgan fingerprint density at radius 2 is 1.85 bits per heavy atom. The van der Waals surface area contributed by atoms with E-state index in [1.54, 1.807) is 6.21 Å². The van der Waals surface area contributed by atoms with Crippen molar-refractivity contribution in [2.24, 2.45) is 4.99 Å². The summed E-state index contributed by atoms with van der Waals surface area (Å²) in [6, 6.07) is 21.5. The van der Waals surface area contributed by atoms with Gasteiger partial charge in [-0.15, -0.1) is 0 Å². The number of oxazole rings is 1.